The Morgan fingerprint density at radius 2 is 1.67 bits per heavy atom. The number of carbonyl (C=O) groups is 1. The zero-order valence-corrected chi connectivity index (χ0v) is 11.5. The Kier molecular flexibility index (Phi) is 6.29. The number of hydrogen-bond acceptors (Lipinski definition) is 5. The molecule has 0 spiro atoms. The summed E-state index contributed by atoms with van der Waals surface area (Å²) >= 11 is 0. The number of benzene rings is 1. The van der Waals surface area contributed by atoms with Crippen LogP contribution >= 0.6 is 0 Å². The Morgan fingerprint density at radius 1 is 1.10 bits per heavy atom. The molecule has 1 rings (SSSR count). The summed E-state index contributed by atoms with van der Waals surface area (Å²) in [5.41, 5.74) is 0.323. The quantitative estimate of drug-likeness (QED) is 0.545. The highest BCUT2D eigenvalue weighted by Gasteiger charge is 2.27. The molecule has 0 aliphatic carbocycles. The van der Waals surface area contributed by atoms with Gasteiger partial charge in [-0.25, -0.2) is 0 Å². The van der Waals surface area contributed by atoms with Crippen LogP contribution in [0.5, 0.6) is 17.2 Å². The Hall–Kier alpha value is -1.96. The van der Waals surface area contributed by atoms with Gasteiger partial charge in [-0.15, -0.1) is 0 Å². The fourth-order valence-electron chi connectivity index (χ4n) is 1.50. The fraction of sp³-hybridized carbons (Fsp3) is 0.462. The summed E-state index contributed by atoms with van der Waals surface area (Å²) in [5, 5.41) is 0. The van der Waals surface area contributed by atoms with Crippen LogP contribution in [0.1, 0.15) is 10.4 Å². The average molecular weight is 308 g/mol. The van der Waals surface area contributed by atoms with Crippen molar-refractivity contribution in [1.29, 1.82) is 0 Å². The minimum Gasteiger partial charge on any atom is -0.493 e. The monoisotopic (exact) mass is 308 g/mol. The second-order valence-corrected chi connectivity index (χ2v) is 3.89. The lowest BCUT2D eigenvalue weighted by Crippen LogP contribution is -2.19. The second-order valence-electron chi connectivity index (χ2n) is 3.89. The maximum absolute atomic E-state index is 11.9. The molecule has 5 nitrogen and oxygen atoms in total. The first kappa shape index (κ1) is 17.1. The average Bonchev–Trinajstić information content (AvgIpc) is 2.45. The van der Waals surface area contributed by atoms with E-state index in [2.05, 4.69) is 4.74 Å². The lowest BCUT2D eigenvalue weighted by Gasteiger charge is -2.15. The van der Waals surface area contributed by atoms with Crippen LogP contribution in [0.3, 0.4) is 0 Å². The highest BCUT2D eigenvalue weighted by molar-refractivity contribution is 5.78. The van der Waals surface area contributed by atoms with E-state index in [1.807, 2.05) is 0 Å². The van der Waals surface area contributed by atoms with Gasteiger partial charge in [0, 0.05) is 5.56 Å². The first-order valence-electron chi connectivity index (χ1n) is 5.89. The topological polar surface area (TPSA) is 54.0 Å². The Balaban J connectivity index is 2.67. The van der Waals surface area contributed by atoms with Crippen LogP contribution in [-0.4, -0.2) is 46.5 Å². The molecule has 0 atom stereocenters. The van der Waals surface area contributed by atoms with Crippen LogP contribution in [-0.2, 0) is 4.74 Å². The van der Waals surface area contributed by atoms with Crippen molar-refractivity contribution in [2.45, 2.75) is 6.18 Å². The molecule has 0 aliphatic heterocycles. The molecule has 0 unspecified atom stereocenters. The number of hydrogen-bond donors (Lipinski definition) is 0. The maximum Gasteiger partial charge on any atom is 0.411 e. The summed E-state index contributed by atoms with van der Waals surface area (Å²) in [6.45, 7) is -1.71. The van der Waals surface area contributed by atoms with Gasteiger partial charge in [0.15, 0.2) is 11.5 Å². The van der Waals surface area contributed by atoms with Crippen molar-refractivity contribution in [3.8, 4) is 17.2 Å². The van der Waals surface area contributed by atoms with Gasteiger partial charge in [0.1, 0.15) is 19.5 Å². The molecule has 0 aromatic heterocycles. The van der Waals surface area contributed by atoms with Crippen LogP contribution in [0.25, 0.3) is 0 Å². The van der Waals surface area contributed by atoms with Gasteiger partial charge in [-0.3, -0.25) is 4.79 Å². The van der Waals surface area contributed by atoms with E-state index in [0.29, 0.717) is 11.8 Å². The molecule has 0 saturated heterocycles. The van der Waals surface area contributed by atoms with Gasteiger partial charge in [-0.1, -0.05) is 0 Å². The third-order valence-corrected chi connectivity index (χ3v) is 2.36. The number of alkyl halides is 3. The van der Waals surface area contributed by atoms with Crippen molar-refractivity contribution in [2.24, 2.45) is 0 Å². The lowest BCUT2D eigenvalue weighted by atomic mass is 10.2. The van der Waals surface area contributed by atoms with E-state index < -0.39 is 12.8 Å². The summed E-state index contributed by atoms with van der Waals surface area (Å²) in [6, 6.07) is 2.86. The van der Waals surface area contributed by atoms with Crippen LogP contribution in [0, 0.1) is 0 Å². The smallest absolute Gasteiger partial charge is 0.411 e. The summed E-state index contributed by atoms with van der Waals surface area (Å²) in [5.74, 6) is 0.681. The van der Waals surface area contributed by atoms with Crippen molar-refractivity contribution < 1.29 is 36.9 Å². The highest BCUT2D eigenvalue weighted by atomic mass is 19.4. The van der Waals surface area contributed by atoms with Crippen molar-refractivity contribution >= 4 is 6.29 Å². The second kappa shape index (κ2) is 7.72. The Morgan fingerprint density at radius 3 is 2.10 bits per heavy atom. The number of aldehydes is 1. The zero-order valence-electron chi connectivity index (χ0n) is 11.5. The first-order valence-corrected chi connectivity index (χ1v) is 5.89. The van der Waals surface area contributed by atoms with Crippen LogP contribution in [0.4, 0.5) is 13.2 Å². The van der Waals surface area contributed by atoms with Gasteiger partial charge in [-0.05, 0) is 12.1 Å². The van der Waals surface area contributed by atoms with Gasteiger partial charge in [-0.2, -0.15) is 13.2 Å². The van der Waals surface area contributed by atoms with Crippen molar-refractivity contribution in [1.82, 2.24) is 0 Å². The molecule has 1 aromatic rings. The number of methoxy groups -OCH3 is 2. The van der Waals surface area contributed by atoms with Crippen molar-refractivity contribution in [2.75, 3.05) is 34.0 Å². The summed E-state index contributed by atoms with van der Waals surface area (Å²) in [7, 11) is 2.74. The molecule has 118 valence electrons. The third-order valence-electron chi connectivity index (χ3n) is 2.36. The molecule has 0 N–H and O–H groups in total. The summed E-state index contributed by atoms with van der Waals surface area (Å²) in [6.07, 6.45) is -3.76. The molecule has 0 saturated carbocycles. The predicted octanol–water partition coefficient (Wildman–Crippen LogP) is 2.47. The van der Waals surface area contributed by atoms with E-state index in [-0.39, 0.29) is 30.5 Å². The fourth-order valence-corrected chi connectivity index (χ4v) is 1.50. The normalized spacial score (nSPS) is 11.1. The number of ether oxygens (including phenoxy) is 4. The highest BCUT2D eigenvalue weighted by Crippen LogP contribution is 2.38. The molecule has 0 amide bonds. The van der Waals surface area contributed by atoms with E-state index >= 15 is 0 Å². The zero-order chi connectivity index (χ0) is 15.9. The van der Waals surface area contributed by atoms with E-state index in [1.54, 1.807) is 0 Å². The van der Waals surface area contributed by atoms with Gasteiger partial charge >= 0.3 is 6.18 Å². The molecule has 0 bridgehead atoms. The number of carbonyl (C=O) groups excluding carboxylic acids is 1. The van der Waals surface area contributed by atoms with Gasteiger partial charge in [0.25, 0.3) is 0 Å². The molecule has 0 aliphatic rings. The molecule has 8 heteroatoms. The standard InChI is InChI=1S/C13H15F3O5/c1-18-10-5-9(7-17)6-11(19-2)12(10)21-4-3-20-8-13(14,15)16/h5-7H,3-4,8H2,1-2H3. The third kappa shape index (κ3) is 5.50. The van der Waals surface area contributed by atoms with Crippen LogP contribution in [0.15, 0.2) is 12.1 Å². The minimum atomic E-state index is -4.37. The molecule has 0 fully saturated rings. The van der Waals surface area contributed by atoms with E-state index in [0.717, 1.165) is 0 Å². The van der Waals surface area contributed by atoms with E-state index in [4.69, 9.17) is 14.2 Å². The predicted molar refractivity (Wildman–Crippen MR) is 67.3 cm³/mol. The largest absolute Gasteiger partial charge is 0.493 e. The van der Waals surface area contributed by atoms with Gasteiger partial charge in [0.05, 0.1) is 20.8 Å². The Bertz CT molecular complexity index is 448. The lowest BCUT2D eigenvalue weighted by molar-refractivity contribution is -0.175. The van der Waals surface area contributed by atoms with Crippen molar-refractivity contribution in [3.63, 3.8) is 0 Å². The van der Waals surface area contributed by atoms with Crippen LogP contribution < -0.4 is 14.2 Å². The molecular weight excluding hydrogens is 293 g/mol. The number of rotatable bonds is 8. The SMILES string of the molecule is COc1cc(C=O)cc(OC)c1OCCOCC(F)(F)F. The van der Waals surface area contributed by atoms with Gasteiger partial charge in [0.2, 0.25) is 5.75 Å². The van der Waals surface area contributed by atoms with Crippen LogP contribution in [0.2, 0.25) is 0 Å². The summed E-state index contributed by atoms with van der Waals surface area (Å²) in [4.78, 5) is 10.8. The molecule has 1 aromatic carbocycles. The first-order chi connectivity index (χ1) is 9.91. The summed E-state index contributed by atoms with van der Waals surface area (Å²) < 4.78 is 55.5. The van der Waals surface area contributed by atoms with Crippen molar-refractivity contribution in [3.05, 3.63) is 17.7 Å². The molecule has 0 heterocycles. The molecular formula is C13H15F3O5. The van der Waals surface area contributed by atoms with Gasteiger partial charge < -0.3 is 18.9 Å². The van der Waals surface area contributed by atoms with E-state index in [9.17, 15) is 18.0 Å². The number of halogens is 3. The molecule has 21 heavy (non-hydrogen) atoms. The Labute approximate surface area is 119 Å². The van der Waals surface area contributed by atoms with E-state index in [1.165, 1.54) is 26.4 Å². The molecule has 0 radical (unpaired) electrons. The minimum absolute atomic E-state index is 0.122. The maximum atomic E-state index is 11.9.